The summed E-state index contributed by atoms with van der Waals surface area (Å²) in [5.41, 5.74) is 0. The number of unbranched alkanes of at least 4 members (excludes halogenated alkanes) is 1. The standard InChI is InChI=1S/C19H33NO2/c1-4-5-10-18(17-8-6-7-9-17)19(21)22-12-11-20-13-15(2)16(3)14-20/h6,8,15-18H,4-5,7,9-14H2,1-3H3. The topological polar surface area (TPSA) is 29.5 Å². The molecule has 0 radical (unpaired) electrons. The van der Waals surface area contributed by atoms with Crippen LogP contribution in [-0.2, 0) is 9.53 Å². The number of ether oxygens (including phenoxy) is 1. The number of rotatable bonds is 8. The van der Waals surface area contributed by atoms with Gasteiger partial charge in [0.25, 0.3) is 0 Å². The molecule has 0 spiro atoms. The molecule has 0 amide bonds. The van der Waals surface area contributed by atoms with Gasteiger partial charge in [-0.1, -0.05) is 45.8 Å². The van der Waals surface area contributed by atoms with Gasteiger partial charge >= 0.3 is 5.97 Å². The summed E-state index contributed by atoms with van der Waals surface area (Å²) in [4.78, 5) is 14.9. The molecule has 1 heterocycles. The van der Waals surface area contributed by atoms with Gasteiger partial charge in [-0.05, 0) is 37.0 Å². The Labute approximate surface area is 136 Å². The van der Waals surface area contributed by atoms with E-state index in [9.17, 15) is 4.79 Å². The molecule has 0 aromatic rings. The van der Waals surface area contributed by atoms with Crippen LogP contribution >= 0.6 is 0 Å². The Kier molecular flexibility index (Phi) is 6.94. The van der Waals surface area contributed by atoms with E-state index in [1.807, 2.05) is 0 Å². The van der Waals surface area contributed by atoms with E-state index in [-0.39, 0.29) is 11.9 Å². The van der Waals surface area contributed by atoms with E-state index < -0.39 is 0 Å². The maximum Gasteiger partial charge on any atom is 0.309 e. The molecule has 2 rings (SSSR count). The highest BCUT2D eigenvalue weighted by Crippen LogP contribution is 2.30. The van der Waals surface area contributed by atoms with Gasteiger partial charge in [0, 0.05) is 19.6 Å². The quantitative estimate of drug-likeness (QED) is 0.503. The second-order valence-corrected chi connectivity index (χ2v) is 7.30. The molecular weight excluding hydrogens is 274 g/mol. The van der Waals surface area contributed by atoms with Crippen molar-refractivity contribution >= 4 is 5.97 Å². The Morgan fingerprint density at radius 2 is 2.05 bits per heavy atom. The van der Waals surface area contributed by atoms with Crippen molar-refractivity contribution in [3.05, 3.63) is 12.2 Å². The fourth-order valence-electron chi connectivity index (χ4n) is 3.74. The molecule has 4 atom stereocenters. The van der Waals surface area contributed by atoms with Crippen LogP contribution in [0.3, 0.4) is 0 Å². The largest absolute Gasteiger partial charge is 0.464 e. The summed E-state index contributed by atoms with van der Waals surface area (Å²) in [5, 5.41) is 0. The lowest BCUT2D eigenvalue weighted by Crippen LogP contribution is -2.29. The third kappa shape index (κ3) is 4.84. The fourth-order valence-corrected chi connectivity index (χ4v) is 3.74. The number of nitrogens with zero attached hydrogens (tertiary/aromatic N) is 1. The molecule has 1 saturated heterocycles. The maximum absolute atomic E-state index is 12.5. The zero-order valence-electron chi connectivity index (χ0n) is 14.6. The minimum absolute atomic E-state index is 0.0327. The second kappa shape index (κ2) is 8.71. The third-order valence-corrected chi connectivity index (χ3v) is 5.45. The zero-order valence-corrected chi connectivity index (χ0v) is 14.6. The van der Waals surface area contributed by atoms with Crippen LogP contribution in [0.4, 0.5) is 0 Å². The lowest BCUT2D eigenvalue weighted by atomic mass is 9.87. The molecule has 1 aliphatic carbocycles. The van der Waals surface area contributed by atoms with Crippen LogP contribution in [0.1, 0.15) is 52.9 Å². The lowest BCUT2D eigenvalue weighted by Gasteiger charge is -2.22. The summed E-state index contributed by atoms with van der Waals surface area (Å²) in [6.07, 6.45) is 9.90. The molecule has 0 bridgehead atoms. The van der Waals surface area contributed by atoms with Gasteiger partial charge in [-0.25, -0.2) is 0 Å². The van der Waals surface area contributed by atoms with Gasteiger partial charge in [-0.2, -0.15) is 0 Å². The van der Waals surface area contributed by atoms with Crippen LogP contribution in [-0.4, -0.2) is 37.1 Å². The molecule has 3 heteroatoms. The normalized spacial score (nSPS) is 29.9. The van der Waals surface area contributed by atoms with Crippen molar-refractivity contribution in [1.29, 1.82) is 0 Å². The van der Waals surface area contributed by atoms with Gasteiger partial charge in [0.1, 0.15) is 6.61 Å². The van der Waals surface area contributed by atoms with Crippen LogP contribution in [0, 0.1) is 23.7 Å². The predicted octanol–water partition coefficient (Wildman–Crippen LogP) is 3.89. The molecule has 1 aliphatic heterocycles. The van der Waals surface area contributed by atoms with Crippen LogP contribution in [0.25, 0.3) is 0 Å². The summed E-state index contributed by atoms with van der Waals surface area (Å²) in [7, 11) is 0. The Morgan fingerprint density at radius 3 is 2.64 bits per heavy atom. The molecule has 0 saturated carbocycles. The van der Waals surface area contributed by atoms with E-state index in [0.29, 0.717) is 12.5 Å². The smallest absolute Gasteiger partial charge is 0.309 e. The van der Waals surface area contributed by atoms with Gasteiger partial charge < -0.3 is 4.74 Å². The SMILES string of the molecule is CCCCC(C(=O)OCCN1CC(C)C(C)C1)C1C=CCC1. The Morgan fingerprint density at radius 1 is 1.32 bits per heavy atom. The summed E-state index contributed by atoms with van der Waals surface area (Å²) in [6, 6.07) is 0. The van der Waals surface area contributed by atoms with E-state index in [2.05, 4.69) is 37.8 Å². The molecule has 0 N–H and O–H groups in total. The van der Waals surface area contributed by atoms with Crippen molar-refractivity contribution in [2.75, 3.05) is 26.2 Å². The summed E-state index contributed by atoms with van der Waals surface area (Å²) < 4.78 is 5.63. The van der Waals surface area contributed by atoms with Gasteiger partial charge in [0.05, 0.1) is 5.92 Å². The van der Waals surface area contributed by atoms with Crippen LogP contribution in [0.5, 0.6) is 0 Å². The minimum Gasteiger partial charge on any atom is -0.464 e. The van der Waals surface area contributed by atoms with Crippen molar-refractivity contribution in [2.45, 2.75) is 52.9 Å². The van der Waals surface area contributed by atoms with Crippen LogP contribution < -0.4 is 0 Å². The summed E-state index contributed by atoms with van der Waals surface area (Å²) >= 11 is 0. The molecular formula is C19H33NO2. The van der Waals surface area contributed by atoms with Crippen LogP contribution in [0.15, 0.2) is 12.2 Å². The Bertz CT molecular complexity index is 370. The molecule has 0 aromatic carbocycles. The number of likely N-dealkylation sites (tertiary alicyclic amines) is 1. The van der Waals surface area contributed by atoms with Gasteiger partial charge in [-0.3, -0.25) is 9.69 Å². The predicted molar refractivity (Wildman–Crippen MR) is 90.6 cm³/mol. The van der Waals surface area contributed by atoms with Crippen molar-refractivity contribution in [2.24, 2.45) is 23.7 Å². The number of esters is 1. The highest BCUT2D eigenvalue weighted by atomic mass is 16.5. The zero-order chi connectivity index (χ0) is 15.9. The number of allylic oxidation sites excluding steroid dienone is 2. The fraction of sp³-hybridized carbons (Fsp3) is 0.842. The minimum atomic E-state index is 0.0327. The van der Waals surface area contributed by atoms with Crippen molar-refractivity contribution < 1.29 is 9.53 Å². The molecule has 126 valence electrons. The highest BCUT2D eigenvalue weighted by Gasteiger charge is 2.29. The Balaban J connectivity index is 1.74. The average molecular weight is 307 g/mol. The number of hydrogen-bond acceptors (Lipinski definition) is 3. The van der Waals surface area contributed by atoms with Crippen molar-refractivity contribution in [3.63, 3.8) is 0 Å². The highest BCUT2D eigenvalue weighted by molar-refractivity contribution is 5.73. The molecule has 3 nitrogen and oxygen atoms in total. The number of carbonyl (C=O) groups is 1. The monoisotopic (exact) mass is 307 g/mol. The van der Waals surface area contributed by atoms with E-state index in [0.717, 1.165) is 63.6 Å². The first-order valence-electron chi connectivity index (χ1n) is 9.17. The van der Waals surface area contributed by atoms with E-state index in [1.54, 1.807) is 0 Å². The molecule has 2 aliphatic rings. The maximum atomic E-state index is 12.5. The van der Waals surface area contributed by atoms with Crippen molar-refractivity contribution in [1.82, 2.24) is 4.90 Å². The average Bonchev–Trinajstić information content (AvgIpc) is 3.11. The van der Waals surface area contributed by atoms with Crippen LogP contribution in [0.2, 0.25) is 0 Å². The van der Waals surface area contributed by atoms with Gasteiger partial charge in [-0.15, -0.1) is 0 Å². The molecule has 22 heavy (non-hydrogen) atoms. The molecule has 0 aromatic heterocycles. The van der Waals surface area contributed by atoms with E-state index in [4.69, 9.17) is 4.74 Å². The molecule has 4 unspecified atom stereocenters. The third-order valence-electron chi connectivity index (χ3n) is 5.45. The van der Waals surface area contributed by atoms with Crippen molar-refractivity contribution in [3.8, 4) is 0 Å². The first kappa shape index (κ1) is 17.5. The Hall–Kier alpha value is -0.830. The van der Waals surface area contributed by atoms with Gasteiger partial charge in [0.15, 0.2) is 0 Å². The van der Waals surface area contributed by atoms with E-state index >= 15 is 0 Å². The number of carbonyl (C=O) groups excluding carboxylic acids is 1. The van der Waals surface area contributed by atoms with Gasteiger partial charge in [0.2, 0.25) is 0 Å². The number of hydrogen-bond donors (Lipinski definition) is 0. The first-order valence-corrected chi connectivity index (χ1v) is 9.17. The lowest BCUT2D eigenvalue weighted by molar-refractivity contribution is -0.150. The summed E-state index contributed by atoms with van der Waals surface area (Å²) in [5.74, 6) is 2.04. The summed E-state index contributed by atoms with van der Waals surface area (Å²) in [6.45, 7) is 10.5. The van der Waals surface area contributed by atoms with E-state index in [1.165, 1.54) is 0 Å². The second-order valence-electron chi connectivity index (χ2n) is 7.30. The first-order chi connectivity index (χ1) is 10.6. The molecule has 1 fully saturated rings.